The van der Waals surface area contributed by atoms with Gasteiger partial charge in [0, 0.05) is 5.69 Å². The zero-order valence-electron chi connectivity index (χ0n) is 9.70. The minimum Gasteiger partial charge on any atom is -0.478 e. The molecule has 0 atom stereocenters. The lowest BCUT2D eigenvalue weighted by molar-refractivity contribution is -0.402. The summed E-state index contributed by atoms with van der Waals surface area (Å²) in [6, 6.07) is 9.02. The number of hydrogen-bond acceptors (Lipinski definition) is 5. The zero-order chi connectivity index (χ0) is 13.8. The number of nitrogens with zero attached hydrogens (tertiary/aromatic N) is 1. The quantitative estimate of drug-likeness (QED) is 0.633. The van der Waals surface area contributed by atoms with Crippen LogP contribution in [0.5, 0.6) is 0 Å². The summed E-state index contributed by atoms with van der Waals surface area (Å²) in [6.45, 7) is 0.233. The van der Waals surface area contributed by atoms with Crippen molar-refractivity contribution >= 4 is 17.5 Å². The van der Waals surface area contributed by atoms with E-state index in [1.165, 1.54) is 24.3 Å². The molecule has 1 aromatic heterocycles. The predicted molar refractivity (Wildman–Crippen MR) is 66.1 cm³/mol. The van der Waals surface area contributed by atoms with Gasteiger partial charge < -0.3 is 14.8 Å². The topological polar surface area (TPSA) is 106 Å². The minimum absolute atomic E-state index is 0.162. The van der Waals surface area contributed by atoms with E-state index in [0.29, 0.717) is 11.4 Å². The van der Waals surface area contributed by atoms with E-state index in [9.17, 15) is 14.9 Å². The van der Waals surface area contributed by atoms with Gasteiger partial charge in [0.1, 0.15) is 10.7 Å². The number of carbonyl (C=O) groups is 1. The van der Waals surface area contributed by atoms with Gasteiger partial charge in [0.15, 0.2) is 0 Å². The molecule has 0 radical (unpaired) electrons. The molecule has 98 valence electrons. The lowest BCUT2D eigenvalue weighted by atomic mass is 10.2. The Hall–Kier alpha value is -2.83. The molecule has 0 aliphatic rings. The van der Waals surface area contributed by atoms with Crippen LogP contribution < -0.4 is 5.32 Å². The molecule has 1 heterocycles. The SMILES string of the molecule is O=C(O)c1cccc(NCc2ccc([N+](=O)[O-])o2)c1. The Balaban J connectivity index is 2.03. The highest BCUT2D eigenvalue weighted by Crippen LogP contribution is 2.17. The minimum atomic E-state index is -1.02. The van der Waals surface area contributed by atoms with Crippen LogP contribution in [0.1, 0.15) is 16.1 Å². The smallest absolute Gasteiger partial charge is 0.433 e. The van der Waals surface area contributed by atoms with Gasteiger partial charge in [-0.15, -0.1) is 0 Å². The molecule has 0 aliphatic carbocycles. The number of benzene rings is 1. The summed E-state index contributed by atoms with van der Waals surface area (Å²) >= 11 is 0. The summed E-state index contributed by atoms with van der Waals surface area (Å²) in [6.07, 6.45) is 0. The second kappa shape index (κ2) is 5.21. The maximum absolute atomic E-state index is 10.8. The van der Waals surface area contributed by atoms with Crippen LogP contribution in [0.3, 0.4) is 0 Å². The highest BCUT2D eigenvalue weighted by Gasteiger charge is 2.11. The Morgan fingerprint density at radius 2 is 2.16 bits per heavy atom. The van der Waals surface area contributed by atoms with Crippen molar-refractivity contribution in [1.29, 1.82) is 0 Å². The Morgan fingerprint density at radius 1 is 1.37 bits per heavy atom. The molecule has 0 saturated carbocycles. The van der Waals surface area contributed by atoms with Crippen molar-refractivity contribution in [3.05, 3.63) is 57.8 Å². The number of hydrogen-bond donors (Lipinski definition) is 2. The molecule has 0 spiro atoms. The molecule has 2 rings (SSSR count). The molecule has 0 amide bonds. The third-order valence-electron chi connectivity index (χ3n) is 2.40. The number of carboxylic acid groups (broad SMARTS) is 1. The van der Waals surface area contributed by atoms with Gasteiger partial charge in [0.2, 0.25) is 0 Å². The molecule has 2 aromatic rings. The average molecular weight is 262 g/mol. The van der Waals surface area contributed by atoms with Gasteiger partial charge in [-0.25, -0.2) is 4.79 Å². The van der Waals surface area contributed by atoms with E-state index in [4.69, 9.17) is 9.52 Å². The number of anilines is 1. The molecular weight excluding hydrogens is 252 g/mol. The number of furan rings is 1. The van der Waals surface area contributed by atoms with Gasteiger partial charge in [0.05, 0.1) is 18.2 Å². The van der Waals surface area contributed by atoms with Crippen LogP contribution in [0.15, 0.2) is 40.8 Å². The number of aromatic carboxylic acids is 1. The Labute approximate surface area is 107 Å². The molecule has 7 heteroatoms. The first kappa shape index (κ1) is 12.6. The van der Waals surface area contributed by atoms with Gasteiger partial charge in [0.25, 0.3) is 0 Å². The van der Waals surface area contributed by atoms with Crippen molar-refractivity contribution in [3.8, 4) is 0 Å². The van der Waals surface area contributed by atoms with Crippen LogP contribution >= 0.6 is 0 Å². The highest BCUT2D eigenvalue weighted by molar-refractivity contribution is 5.88. The number of nitrogens with one attached hydrogen (secondary N) is 1. The summed E-state index contributed by atoms with van der Waals surface area (Å²) < 4.78 is 4.97. The van der Waals surface area contributed by atoms with Crippen LogP contribution in [-0.2, 0) is 6.54 Å². The standard InChI is InChI=1S/C12H10N2O5/c15-12(16)8-2-1-3-9(6-8)13-7-10-4-5-11(19-10)14(17)18/h1-6,13H,7H2,(H,15,16). The van der Waals surface area contributed by atoms with Crippen molar-refractivity contribution in [2.75, 3.05) is 5.32 Å². The lowest BCUT2D eigenvalue weighted by Crippen LogP contribution is -2.01. The second-order valence-electron chi connectivity index (χ2n) is 3.74. The maximum Gasteiger partial charge on any atom is 0.433 e. The van der Waals surface area contributed by atoms with E-state index in [0.717, 1.165) is 0 Å². The van der Waals surface area contributed by atoms with Crippen LogP contribution in [0.2, 0.25) is 0 Å². The van der Waals surface area contributed by atoms with Crippen LogP contribution in [0.25, 0.3) is 0 Å². The monoisotopic (exact) mass is 262 g/mol. The van der Waals surface area contributed by atoms with Crippen LogP contribution in [-0.4, -0.2) is 16.0 Å². The Bertz CT molecular complexity index is 620. The van der Waals surface area contributed by atoms with E-state index >= 15 is 0 Å². The maximum atomic E-state index is 10.8. The van der Waals surface area contributed by atoms with E-state index in [1.807, 2.05) is 0 Å². The first-order valence-corrected chi connectivity index (χ1v) is 5.36. The summed E-state index contributed by atoms with van der Waals surface area (Å²) in [5.74, 6) is -0.944. The van der Waals surface area contributed by atoms with Gasteiger partial charge in [-0.3, -0.25) is 10.1 Å². The Morgan fingerprint density at radius 3 is 2.79 bits per heavy atom. The van der Waals surface area contributed by atoms with Crippen molar-refractivity contribution in [2.45, 2.75) is 6.54 Å². The molecule has 7 nitrogen and oxygen atoms in total. The first-order chi connectivity index (χ1) is 9.06. The fraction of sp³-hybridized carbons (Fsp3) is 0.0833. The highest BCUT2D eigenvalue weighted by atomic mass is 16.6. The van der Waals surface area contributed by atoms with E-state index in [2.05, 4.69) is 5.32 Å². The largest absolute Gasteiger partial charge is 0.478 e. The summed E-state index contributed by atoms with van der Waals surface area (Å²) in [5.41, 5.74) is 0.759. The summed E-state index contributed by atoms with van der Waals surface area (Å²) in [7, 11) is 0. The molecule has 0 aliphatic heterocycles. The van der Waals surface area contributed by atoms with E-state index in [-0.39, 0.29) is 18.0 Å². The third-order valence-corrected chi connectivity index (χ3v) is 2.40. The van der Waals surface area contributed by atoms with Crippen LogP contribution in [0.4, 0.5) is 11.6 Å². The Kier molecular flexibility index (Phi) is 3.46. The van der Waals surface area contributed by atoms with E-state index < -0.39 is 10.9 Å². The fourth-order valence-corrected chi connectivity index (χ4v) is 1.51. The summed E-state index contributed by atoms with van der Waals surface area (Å²) in [4.78, 5) is 20.6. The first-order valence-electron chi connectivity index (χ1n) is 5.36. The van der Waals surface area contributed by atoms with Gasteiger partial charge in [-0.1, -0.05) is 6.07 Å². The molecule has 19 heavy (non-hydrogen) atoms. The number of rotatable bonds is 5. The van der Waals surface area contributed by atoms with Gasteiger partial charge in [-0.05, 0) is 24.3 Å². The van der Waals surface area contributed by atoms with Gasteiger partial charge >= 0.3 is 11.9 Å². The lowest BCUT2D eigenvalue weighted by Gasteiger charge is -2.04. The van der Waals surface area contributed by atoms with Crippen molar-refractivity contribution in [3.63, 3.8) is 0 Å². The molecule has 1 aromatic carbocycles. The number of nitro groups is 1. The molecular formula is C12H10N2O5. The molecule has 0 saturated heterocycles. The van der Waals surface area contributed by atoms with E-state index in [1.54, 1.807) is 12.1 Å². The average Bonchev–Trinajstić information content (AvgIpc) is 2.85. The zero-order valence-corrected chi connectivity index (χ0v) is 9.70. The molecule has 0 fully saturated rings. The predicted octanol–water partition coefficient (Wildman–Crippen LogP) is 2.50. The second-order valence-corrected chi connectivity index (χ2v) is 3.74. The fourth-order valence-electron chi connectivity index (χ4n) is 1.51. The van der Waals surface area contributed by atoms with Crippen molar-refractivity contribution in [1.82, 2.24) is 0 Å². The number of carboxylic acids is 1. The normalized spacial score (nSPS) is 10.1. The molecule has 2 N–H and O–H groups in total. The van der Waals surface area contributed by atoms with Crippen molar-refractivity contribution in [2.24, 2.45) is 0 Å². The van der Waals surface area contributed by atoms with Crippen molar-refractivity contribution < 1.29 is 19.2 Å². The van der Waals surface area contributed by atoms with Crippen LogP contribution in [0, 0.1) is 10.1 Å². The molecule has 0 bridgehead atoms. The molecule has 0 unspecified atom stereocenters. The third kappa shape index (κ3) is 3.09. The van der Waals surface area contributed by atoms with Gasteiger partial charge in [-0.2, -0.15) is 0 Å². The summed E-state index contributed by atoms with van der Waals surface area (Å²) in [5, 5.41) is 22.2.